The first-order valence-corrected chi connectivity index (χ1v) is 15.3. The SMILES string of the molecule is Clc1ccc2ncc(-c3nc(-c4ccc(Br)cc4)no3)n2c1.N/C(=N\O)c1ccc(Br)cc1.O=C(O)c1cnc2ccc(Cl)cn12. The molecule has 0 aliphatic carbocycles. The molecule has 0 bridgehead atoms. The number of aromatic nitrogens is 6. The summed E-state index contributed by atoms with van der Waals surface area (Å²) in [6.45, 7) is 0. The second-order valence-electron chi connectivity index (χ2n) is 9.17. The molecule has 5 heterocycles. The molecule has 4 N–H and O–H groups in total. The minimum atomic E-state index is -1.02. The van der Waals surface area contributed by atoms with Gasteiger partial charge in [-0.3, -0.25) is 8.80 Å². The molecule has 0 unspecified atom stereocenters. The number of hydrogen-bond acceptors (Lipinski definition) is 8. The zero-order valence-electron chi connectivity index (χ0n) is 23.2. The molecule has 7 rings (SSSR count). The predicted octanol–water partition coefficient (Wildman–Crippen LogP) is 7.70. The maximum absolute atomic E-state index is 10.7. The topological polar surface area (TPSA) is 169 Å². The molecule has 0 amide bonds. The maximum Gasteiger partial charge on any atom is 0.354 e. The van der Waals surface area contributed by atoms with Crippen LogP contribution in [0.2, 0.25) is 10.0 Å². The standard InChI is InChI=1S/C15H8BrClN4O.C8H5ClN2O2.C7H7BrN2O/c16-10-3-1-9(2-4-10)14-19-15(22-20-14)12-7-18-13-6-5-11(17)8-21(12)13;9-5-1-2-7-10-3-6(8(12)13)11(7)4-5;8-6-3-1-5(2-4-6)7(9)10-11/h1-8H;1-4H,(H,12,13);1-4,11H,(H2,9,10). The van der Waals surface area contributed by atoms with Gasteiger partial charge in [0, 0.05) is 32.5 Å². The highest BCUT2D eigenvalue weighted by atomic mass is 79.9. The lowest BCUT2D eigenvalue weighted by Crippen LogP contribution is -2.12. The average Bonchev–Trinajstić information content (AvgIpc) is 3.80. The summed E-state index contributed by atoms with van der Waals surface area (Å²) in [4.78, 5) is 23.3. The van der Waals surface area contributed by atoms with Crippen LogP contribution in [0.5, 0.6) is 0 Å². The fourth-order valence-electron chi connectivity index (χ4n) is 3.95. The zero-order valence-corrected chi connectivity index (χ0v) is 27.9. The van der Waals surface area contributed by atoms with Crippen LogP contribution in [0.4, 0.5) is 0 Å². The Labute approximate surface area is 287 Å². The lowest BCUT2D eigenvalue weighted by atomic mass is 10.2. The third-order valence-corrected chi connectivity index (χ3v) is 7.66. The van der Waals surface area contributed by atoms with E-state index in [2.05, 4.69) is 57.1 Å². The van der Waals surface area contributed by atoms with Gasteiger partial charge in [-0.05, 0) is 60.7 Å². The Morgan fingerprint density at radius 1 is 0.826 bits per heavy atom. The van der Waals surface area contributed by atoms with Crippen LogP contribution in [0.3, 0.4) is 0 Å². The number of imidazole rings is 2. The van der Waals surface area contributed by atoms with Gasteiger partial charge in [-0.15, -0.1) is 0 Å². The number of fused-ring (bicyclic) bond motifs is 2. The van der Waals surface area contributed by atoms with Crippen LogP contribution >= 0.6 is 55.1 Å². The third-order valence-electron chi connectivity index (χ3n) is 6.15. The van der Waals surface area contributed by atoms with Crippen molar-refractivity contribution in [3.8, 4) is 23.0 Å². The molecule has 2 aromatic carbocycles. The van der Waals surface area contributed by atoms with E-state index in [4.69, 9.17) is 43.8 Å². The number of halogens is 4. The number of nitrogens with zero attached hydrogens (tertiary/aromatic N) is 7. The molecular formula is C30H20Br2Cl2N8O4. The minimum Gasteiger partial charge on any atom is -0.477 e. The molecule has 232 valence electrons. The van der Waals surface area contributed by atoms with Crippen molar-refractivity contribution in [2.24, 2.45) is 10.9 Å². The normalized spacial score (nSPS) is 11.1. The summed E-state index contributed by atoms with van der Waals surface area (Å²) in [6, 6.07) is 21.8. The van der Waals surface area contributed by atoms with Gasteiger partial charge in [-0.1, -0.05) is 77.5 Å². The number of rotatable bonds is 4. The van der Waals surface area contributed by atoms with Crippen molar-refractivity contribution in [3.63, 3.8) is 0 Å². The molecular weight excluding hydrogens is 767 g/mol. The Hall–Kier alpha value is -4.76. The summed E-state index contributed by atoms with van der Waals surface area (Å²) >= 11 is 18.4. The third kappa shape index (κ3) is 7.72. The van der Waals surface area contributed by atoms with Gasteiger partial charge in [0.15, 0.2) is 11.5 Å². The Bertz CT molecular complexity index is 2160. The number of aromatic carboxylic acids is 1. The zero-order chi connectivity index (χ0) is 32.8. The first-order valence-electron chi connectivity index (χ1n) is 12.9. The molecule has 0 fully saturated rings. The minimum absolute atomic E-state index is 0.109. The fraction of sp³-hybridized carbons (Fsp3) is 0. The number of hydrogen-bond donors (Lipinski definition) is 3. The molecule has 0 spiro atoms. The second-order valence-corrected chi connectivity index (χ2v) is 11.9. The van der Waals surface area contributed by atoms with E-state index >= 15 is 0 Å². The number of benzene rings is 2. The predicted molar refractivity (Wildman–Crippen MR) is 180 cm³/mol. The Morgan fingerprint density at radius 3 is 2.00 bits per heavy atom. The number of carbonyl (C=O) groups is 1. The van der Waals surface area contributed by atoms with Gasteiger partial charge in [0.2, 0.25) is 5.82 Å². The fourth-order valence-corrected chi connectivity index (χ4v) is 4.80. The Morgan fingerprint density at radius 2 is 1.39 bits per heavy atom. The van der Waals surface area contributed by atoms with Crippen molar-refractivity contribution in [1.29, 1.82) is 0 Å². The molecule has 12 nitrogen and oxygen atoms in total. The van der Waals surface area contributed by atoms with Gasteiger partial charge in [0.05, 0.1) is 22.4 Å². The molecule has 0 saturated heterocycles. The van der Waals surface area contributed by atoms with E-state index < -0.39 is 5.97 Å². The highest BCUT2D eigenvalue weighted by Gasteiger charge is 2.15. The number of oxime groups is 1. The Kier molecular flexibility index (Phi) is 10.3. The number of nitrogens with two attached hydrogens (primary N) is 1. The number of carboxylic acid groups (broad SMARTS) is 1. The van der Waals surface area contributed by atoms with Crippen LogP contribution in [-0.2, 0) is 0 Å². The molecule has 16 heteroatoms. The van der Waals surface area contributed by atoms with Crippen molar-refractivity contribution in [2.75, 3.05) is 0 Å². The van der Waals surface area contributed by atoms with Gasteiger partial charge in [0.1, 0.15) is 17.0 Å². The molecule has 0 atom stereocenters. The van der Waals surface area contributed by atoms with Crippen molar-refractivity contribution in [2.45, 2.75) is 0 Å². The smallest absolute Gasteiger partial charge is 0.354 e. The summed E-state index contributed by atoms with van der Waals surface area (Å²) < 4.78 is 10.6. The van der Waals surface area contributed by atoms with Gasteiger partial charge in [0.25, 0.3) is 5.89 Å². The number of pyridine rings is 2. The Balaban J connectivity index is 0.000000148. The van der Waals surface area contributed by atoms with Crippen LogP contribution in [-0.4, -0.2) is 51.0 Å². The molecule has 0 radical (unpaired) electrons. The molecule has 0 aliphatic heterocycles. The first-order chi connectivity index (χ1) is 22.1. The van der Waals surface area contributed by atoms with Crippen LogP contribution in [0.15, 0.2) is 116 Å². The molecule has 0 aliphatic rings. The second kappa shape index (κ2) is 14.6. The van der Waals surface area contributed by atoms with E-state index in [1.54, 1.807) is 42.7 Å². The van der Waals surface area contributed by atoms with E-state index in [1.807, 2.05) is 46.9 Å². The summed E-state index contributed by atoms with van der Waals surface area (Å²) in [7, 11) is 0. The van der Waals surface area contributed by atoms with Crippen LogP contribution in [0, 0.1) is 0 Å². The molecule has 46 heavy (non-hydrogen) atoms. The van der Waals surface area contributed by atoms with Gasteiger partial charge in [-0.25, -0.2) is 14.8 Å². The van der Waals surface area contributed by atoms with Crippen molar-refractivity contribution in [3.05, 3.63) is 128 Å². The highest BCUT2D eigenvalue weighted by Crippen LogP contribution is 2.25. The van der Waals surface area contributed by atoms with E-state index in [1.165, 1.54) is 16.8 Å². The quantitative estimate of drug-likeness (QED) is 0.0701. The highest BCUT2D eigenvalue weighted by molar-refractivity contribution is 9.10. The largest absolute Gasteiger partial charge is 0.477 e. The average molecular weight is 787 g/mol. The maximum atomic E-state index is 10.7. The van der Waals surface area contributed by atoms with Crippen LogP contribution in [0.1, 0.15) is 16.1 Å². The molecule has 7 aromatic rings. The summed E-state index contributed by atoms with van der Waals surface area (Å²) in [6.07, 6.45) is 6.27. The van der Waals surface area contributed by atoms with Crippen molar-refractivity contribution in [1.82, 2.24) is 28.9 Å². The van der Waals surface area contributed by atoms with Crippen molar-refractivity contribution >= 4 is 78.2 Å². The molecule has 0 saturated carbocycles. The summed E-state index contributed by atoms with van der Waals surface area (Å²) in [5, 5.41) is 25.1. The summed E-state index contributed by atoms with van der Waals surface area (Å²) in [5.74, 6) is 0.0273. The number of amidine groups is 1. The lowest BCUT2D eigenvalue weighted by molar-refractivity contribution is 0.0689. The van der Waals surface area contributed by atoms with Gasteiger partial charge < -0.3 is 20.6 Å². The van der Waals surface area contributed by atoms with Crippen molar-refractivity contribution < 1.29 is 19.6 Å². The van der Waals surface area contributed by atoms with Crippen LogP contribution < -0.4 is 5.73 Å². The summed E-state index contributed by atoms with van der Waals surface area (Å²) in [5.41, 5.74) is 9.06. The van der Waals surface area contributed by atoms with Gasteiger partial charge in [-0.2, -0.15) is 4.98 Å². The lowest BCUT2D eigenvalue weighted by Gasteiger charge is -1.97. The van der Waals surface area contributed by atoms with E-state index in [0.29, 0.717) is 38.7 Å². The van der Waals surface area contributed by atoms with E-state index in [0.717, 1.165) is 20.2 Å². The van der Waals surface area contributed by atoms with Gasteiger partial charge >= 0.3 is 5.97 Å². The van der Waals surface area contributed by atoms with Crippen LogP contribution in [0.25, 0.3) is 34.3 Å². The number of carboxylic acids is 1. The molecule has 5 aromatic heterocycles. The van der Waals surface area contributed by atoms with E-state index in [9.17, 15) is 4.79 Å². The monoisotopic (exact) mass is 784 g/mol. The first kappa shape index (κ1) is 32.6. The van der Waals surface area contributed by atoms with E-state index in [-0.39, 0.29) is 11.5 Å².